The van der Waals surface area contributed by atoms with Gasteiger partial charge in [0.25, 0.3) is 5.91 Å². The van der Waals surface area contributed by atoms with Gasteiger partial charge < -0.3 is 25.0 Å². The summed E-state index contributed by atoms with van der Waals surface area (Å²) in [4.78, 5) is 54.8. The lowest BCUT2D eigenvalue weighted by Gasteiger charge is -2.33. The van der Waals surface area contributed by atoms with Gasteiger partial charge in [0, 0.05) is 43.4 Å². The maximum absolute atomic E-state index is 13.9. The minimum Gasteiger partial charge on any atom is -0.493 e. The molecule has 2 atom stereocenters. The summed E-state index contributed by atoms with van der Waals surface area (Å²) in [5.41, 5.74) is 0.970. The third-order valence-corrected chi connectivity index (χ3v) is 8.08. The maximum atomic E-state index is 13.9. The number of ether oxygens (including phenoxy) is 2. The van der Waals surface area contributed by atoms with Crippen molar-refractivity contribution in [1.82, 2.24) is 15.1 Å². The van der Waals surface area contributed by atoms with Crippen molar-refractivity contribution in [3.05, 3.63) is 58.9 Å². The van der Waals surface area contributed by atoms with E-state index in [4.69, 9.17) is 9.47 Å². The summed E-state index contributed by atoms with van der Waals surface area (Å²) >= 11 is 0. The Morgan fingerprint density at radius 1 is 1.10 bits per heavy atom. The van der Waals surface area contributed by atoms with Crippen molar-refractivity contribution >= 4 is 29.6 Å². The molecule has 1 spiro atoms. The number of urea groups is 1. The van der Waals surface area contributed by atoms with Crippen LogP contribution < -0.4 is 15.4 Å². The summed E-state index contributed by atoms with van der Waals surface area (Å²) in [7, 11) is 1.49. The molecule has 0 unspecified atom stereocenters. The van der Waals surface area contributed by atoms with Crippen LogP contribution in [0.5, 0.6) is 5.75 Å². The number of amides is 5. The van der Waals surface area contributed by atoms with Gasteiger partial charge in [0.05, 0.1) is 6.61 Å². The van der Waals surface area contributed by atoms with E-state index in [1.54, 1.807) is 29.2 Å². The van der Waals surface area contributed by atoms with Gasteiger partial charge in [0.15, 0.2) is 0 Å². The molecule has 10 nitrogen and oxygen atoms in total. The van der Waals surface area contributed by atoms with E-state index in [1.165, 1.54) is 19.2 Å². The third-order valence-electron chi connectivity index (χ3n) is 8.08. The van der Waals surface area contributed by atoms with E-state index in [0.29, 0.717) is 42.3 Å². The van der Waals surface area contributed by atoms with Gasteiger partial charge >= 0.3 is 12.1 Å². The molecular formula is C28H29FN4O6. The number of anilines is 1. The van der Waals surface area contributed by atoms with Gasteiger partial charge in [-0.15, -0.1) is 0 Å². The Labute approximate surface area is 224 Å². The molecule has 2 N–H and O–H groups in total. The Bertz CT molecular complexity index is 1380. The van der Waals surface area contributed by atoms with Crippen LogP contribution in [-0.4, -0.2) is 60.0 Å². The maximum Gasteiger partial charge on any atom is 0.418 e. The van der Waals surface area contributed by atoms with Gasteiger partial charge in [-0.2, -0.15) is 0 Å². The number of carbonyl (C=O) groups excluding carboxylic acids is 4. The highest BCUT2D eigenvalue weighted by Crippen LogP contribution is 2.46. The van der Waals surface area contributed by atoms with Crippen molar-refractivity contribution in [3.8, 4) is 5.75 Å². The lowest BCUT2D eigenvalue weighted by molar-refractivity contribution is -0.144. The van der Waals surface area contributed by atoms with Crippen LogP contribution in [0.2, 0.25) is 0 Å². The number of benzene rings is 2. The second kappa shape index (κ2) is 9.55. The van der Waals surface area contributed by atoms with Gasteiger partial charge in [-0.1, -0.05) is 6.07 Å². The first kappa shape index (κ1) is 25.1. The lowest BCUT2D eigenvalue weighted by Crippen LogP contribution is -2.48. The van der Waals surface area contributed by atoms with Crippen molar-refractivity contribution in [1.29, 1.82) is 0 Å². The number of hydrogen-bond donors (Lipinski definition) is 2. The molecule has 204 valence electrons. The molecule has 5 amide bonds. The fourth-order valence-electron chi connectivity index (χ4n) is 5.91. The Kier molecular flexibility index (Phi) is 6.16. The highest BCUT2D eigenvalue weighted by Gasteiger charge is 2.58. The molecule has 1 saturated heterocycles. The predicted octanol–water partition coefficient (Wildman–Crippen LogP) is 3.29. The summed E-state index contributed by atoms with van der Waals surface area (Å²) in [5.74, 6) is -0.586. The van der Waals surface area contributed by atoms with Gasteiger partial charge in [-0.3, -0.25) is 9.59 Å². The molecule has 39 heavy (non-hydrogen) atoms. The third kappa shape index (κ3) is 4.45. The standard InChI is InChI=1S/C28H29FN4O6/c1-30-26(36)31-20-7-8-21-23(13-20)38-11-10-28(21)25(35)33(27(37)39-28)15-24(34)32-14-18-4-6-19(29)12-17(18)5-9-22(32)16-2-3-16/h4,6-8,12-13,16,22H,2-3,5,9-11,14-15H2,1H3,(H2,30,31,36)/t22-,28+/m0/s1. The molecule has 0 bridgehead atoms. The van der Waals surface area contributed by atoms with E-state index < -0.39 is 30.2 Å². The summed E-state index contributed by atoms with van der Waals surface area (Å²) in [5, 5.41) is 5.10. The van der Waals surface area contributed by atoms with Crippen molar-refractivity contribution in [2.75, 3.05) is 25.5 Å². The number of aryl methyl sites for hydroxylation is 1. The quantitative estimate of drug-likeness (QED) is 0.620. The predicted molar refractivity (Wildman–Crippen MR) is 136 cm³/mol. The number of nitrogens with one attached hydrogen (secondary N) is 2. The average Bonchev–Trinajstić information content (AvgIpc) is 3.75. The minimum absolute atomic E-state index is 0.0364. The van der Waals surface area contributed by atoms with E-state index in [1.807, 2.05) is 0 Å². The molecule has 4 aliphatic rings. The number of hydrogen-bond acceptors (Lipinski definition) is 6. The van der Waals surface area contributed by atoms with Crippen molar-refractivity contribution in [2.24, 2.45) is 5.92 Å². The molecule has 0 aromatic heterocycles. The number of fused-ring (bicyclic) bond motifs is 3. The first-order valence-corrected chi connectivity index (χ1v) is 13.2. The molecule has 2 aromatic rings. The largest absolute Gasteiger partial charge is 0.493 e. The van der Waals surface area contributed by atoms with E-state index >= 15 is 0 Å². The van der Waals surface area contributed by atoms with Crippen LogP contribution in [0.1, 0.15) is 42.4 Å². The zero-order valence-corrected chi connectivity index (χ0v) is 21.5. The van der Waals surface area contributed by atoms with Crippen molar-refractivity contribution < 1.29 is 33.0 Å². The van der Waals surface area contributed by atoms with Crippen molar-refractivity contribution in [3.63, 3.8) is 0 Å². The van der Waals surface area contributed by atoms with Crippen LogP contribution >= 0.6 is 0 Å². The Morgan fingerprint density at radius 2 is 1.92 bits per heavy atom. The van der Waals surface area contributed by atoms with Crippen LogP contribution in [0.25, 0.3) is 0 Å². The van der Waals surface area contributed by atoms with E-state index in [9.17, 15) is 23.6 Å². The Balaban J connectivity index is 1.24. The Morgan fingerprint density at radius 3 is 2.69 bits per heavy atom. The minimum atomic E-state index is -1.60. The SMILES string of the molecule is CNC(=O)Nc1ccc2c(c1)OCC[C@@]21OC(=O)N(CC(=O)N2Cc3ccc(F)cc3CC[C@H]2C2CC2)C1=O. The molecular weight excluding hydrogens is 507 g/mol. The topological polar surface area (TPSA) is 117 Å². The molecule has 2 fully saturated rings. The second-order valence-corrected chi connectivity index (χ2v) is 10.5. The molecule has 1 aliphatic carbocycles. The molecule has 6 rings (SSSR count). The number of nitrogens with zero attached hydrogens (tertiary/aromatic N) is 2. The van der Waals surface area contributed by atoms with E-state index in [0.717, 1.165) is 28.9 Å². The highest BCUT2D eigenvalue weighted by molar-refractivity contribution is 6.06. The monoisotopic (exact) mass is 536 g/mol. The van der Waals surface area contributed by atoms with Crippen LogP contribution in [0.3, 0.4) is 0 Å². The lowest BCUT2D eigenvalue weighted by atomic mass is 9.87. The number of imide groups is 1. The van der Waals surface area contributed by atoms with Crippen LogP contribution in [-0.2, 0) is 32.9 Å². The summed E-state index contributed by atoms with van der Waals surface area (Å²) in [6.45, 7) is -0.0260. The molecule has 1 saturated carbocycles. The van der Waals surface area contributed by atoms with Crippen LogP contribution in [0.4, 0.5) is 19.7 Å². The normalized spacial score (nSPS) is 23.9. The Hall–Kier alpha value is -4.15. The van der Waals surface area contributed by atoms with E-state index in [2.05, 4.69) is 10.6 Å². The van der Waals surface area contributed by atoms with Crippen LogP contribution in [0.15, 0.2) is 36.4 Å². The van der Waals surface area contributed by atoms with Gasteiger partial charge in [0.1, 0.15) is 18.1 Å². The first-order chi connectivity index (χ1) is 18.8. The van der Waals surface area contributed by atoms with Gasteiger partial charge in [-0.25, -0.2) is 18.9 Å². The number of carbonyl (C=O) groups is 4. The highest BCUT2D eigenvalue weighted by atomic mass is 19.1. The van der Waals surface area contributed by atoms with Gasteiger partial charge in [-0.05, 0) is 67.0 Å². The van der Waals surface area contributed by atoms with Crippen LogP contribution in [0, 0.1) is 11.7 Å². The zero-order valence-electron chi connectivity index (χ0n) is 21.5. The van der Waals surface area contributed by atoms with Crippen molar-refractivity contribution in [2.45, 2.75) is 50.3 Å². The summed E-state index contributed by atoms with van der Waals surface area (Å²) in [6.07, 6.45) is 2.62. The van der Waals surface area contributed by atoms with E-state index in [-0.39, 0.29) is 30.8 Å². The molecule has 2 aromatic carbocycles. The number of halogens is 1. The second-order valence-electron chi connectivity index (χ2n) is 10.5. The average molecular weight is 537 g/mol. The smallest absolute Gasteiger partial charge is 0.418 e. The molecule has 3 heterocycles. The molecule has 0 radical (unpaired) electrons. The summed E-state index contributed by atoms with van der Waals surface area (Å²) in [6, 6.07) is 8.92. The number of rotatable bonds is 4. The molecule has 3 aliphatic heterocycles. The fourth-order valence-corrected chi connectivity index (χ4v) is 5.91. The fraction of sp³-hybridized carbons (Fsp3) is 0.429. The van der Waals surface area contributed by atoms with Gasteiger partial charge in [0.2, 0.25) is 11.5 Å². The summed E-state index contributed by atoms with van der Waals surface area (Å²) < 4.78 is 25.3. The molecule has 11 heteroatoms. The first-order valence-electron chi connectivity index (χ1n) is 13.2. The zero-order chi connectivity index (χ0) is 27.3.